The van der Waals surface area contributed by atoms with Gasteiger partial charge in [-0.25, -0.2) is 9.78 Å². The highest BCUT2D eigenvalue weighted by Crippen LogP contribution is 2.36. The van der Waals surface area contributed by atoms with Gasteiger partial charge in [-0.05, 0) is 62.9 Å². The maximum Gasteiger partial charge on any atom is 0.324 e. The minimum absolute atomic E-state index is 0.121. The summed E-state index contributed by atoms with van der Waals surface area (Å²) in [6.07, 6.45) is 2.92. The SMILES string of the molecule is CCOc1ccc(-n2c(SC(C)C(=O)N3CCNC3=O)nc3sc4c(c3c2=O)CCC4)cc1. The first-order valence-electron chi connectivity index (χ1n) is 11.0. The van der Waals surface area contributed by atoms with Crippen LogP contribution in [0.25, 0.3) is 15.9 Å². The molecular weight excluding hydrogens is 460 g/mol. The molecule has 1 atom stereocenters. The standard InChI is InChI=1S/C23H24N4O4S2/c1-3-31-15-9-7-14(8-10-15)27-21(29)18-16-5-4-6-17(16)33-19(18)25-23(27)32-13(2)20(28)26-12-11-24-22(26)30/h7-10,13H,3-6,11-12H2,1-2H3,(H,24,30). The third-order valence-electron chi connectivity index (χ3n) is 5.87. The molecule has 3 heterocycles. The summed E-state index contributed by atoms with van der Waals surface area (Å²) in [7, 11) is 0. The number of amides is 3. The van der Waals surface area contributed by atoms with Crippen LogP contribution in [0.4, 0.5) is 4.79 Å². The zero-order chi connectivity index (χ0) is 23.1. The van der Waals surface area contributed by atoms with Crippen LogP contribution in [0.3, 0.4) is 0 Å². The fourth-order valence-electron chi connectivity index (χ4n) is 4.30. The topological polar surface area (TPSA) is 93.5 Å². The molecule has 172 valence electrons. The van der Waals surface area contributed by atoms with Gasteiger partial charge in [0.1, 0.15) is 10.6 Å². The molecule has 1 unspecified atom stereocenters. The van der Waals surface area contributed by atoms with Crippen LogP contribution in [0.5, 0.6) is 5.75 Å². The number of urea groups is 1. The van der Waals surface area contributed by atoms with Crippen LogP contribution < -0.4 is 15.6 Å². The number of fused-ring (bicyclic) bond motifs is 3. The Kier molecular flexibility index (Phi) is 5.88. The summed E-state index contributed by atoms with van der Waals surface area (Å²) in [6, 6.07) is 6.93. The number of benzene rings is 1. The molecule has 0 spiro atoms. The Bertz CT molecular complexity index is 1300. The number of hydrogen-bond donors (Lipinski definition) is 1. The van der Waals surface area contributed by atoms with Gasteiger partial charge in [-0.1, -0.05) is 11.8 Å². The minimum Gasteiger partial charge on any atom is -0.494 e. The summed E-state index contributed by atoms with van der Waals surface area (Å²) < 4.78 is 7.13. The Hall–Kier alpha value is -2.85. The predicted octanol–water partition coefficient (Wildman–Crippen LogP) is 3.37. The van der Waals surface area contributed by atoms with Crippen molar-refractivity contribution in [3.05, 3.63) is 45.1 Å². The van der Waals surface area contributed by atoms with Crippen LogP contribution in [0.1, 0.15) is 30.7 Å². The zero-order valence-corrected chi connectivity index (χ0v) is 20.1. The Balaban J connectivity index is 1.59. The van der Waals surface area contributed by atoms with Crippen LogP contribution in [-0.4, -0.2) is 51.3 Å². The molecule has 0 bridgehead atoms. The molecule has 1 aromatic carbocycles. The Morgan fingerprint density at radius 2 is 2.06 bits per heavy atom. The number of carbonyl (C=O) groups is 2. The van der Waals surface area contributed by atoms with Crippen molar-refractivity contribution < 1.29 is 14.3 Å². The third kappa shape index (κ3) is 3.91. The Morgan fingerprint density at radius 3 is 2.76 bits per heavy atom. The molecule has 3 aromatic rings. The third-order valence-corrected chi connectivity index (χ3v) is 8.09. The monoisotopic (exact) mass is 484 g/mol. The first-order chi connectivity index (χ1) is 16.0. The molecule has 0 saturated carbocycles. The fourth-order valence-corrected chi connectivity index (χ4v) is 6.59. The molecule has 33 heavy (non-hydrogen) atoms. The van der Waals surface area contributed by atoms with Crippen molar-refractivity contribution in [2.24, 2.45) is 0 Å². The molecule has 1 fully saturated rings. The van der Waals surface area contributed by atoms with E-state index in [9.17, 15) is 14.4 Å². The highest BCUT2D eigenvalue weighted by molar-refractivity contribution is 8.00. The molecule has 2 aliphatic rings. The van der Waals surface area contributed by atoms with Gasteiger partial charge in [-0.2, -0.15) is 0 Å². The van der Waals surface area contributed by atoms with Gasteiger partial charge in [-0.3, -0.25) is 19.1 Å². The second-order valence-corrected chi connectivity index (χ2v) is 10.4. The number of nitrogens with zero attached hydrogens (tertiary/aromatic N) is 3. The lowest BCUT2D eigenvalue weighted by Gasteiger charge is -2.19. The first-order valence-corrected chi connectivity index (χ1v) is 12.7. The van der Waals surface area contributed by atoms with Crippen LogP contribution in [0.2, 0.25) is 0 Å². The Morgan fingerprint density at radius 1 is 1.27 bits per heavy atom. The highest BCUT2D eigenvalue weighted by Gasteiger charge is 2.32. The van der Waals surface area contributed by atoms with Crippen LogP contribution in [0.15, 0.2) is 34.2 Å². The average molecular weight is 485 g/mol. The maximum absolute atomic E-state index is 13.8. The van der Waals surface area contributed by atoms with E-state index in [-0.39, 0.29) is 17.5 Å². The number of aryl methyl sites for hydroxylation is 2. The number of aromatic nitrogens is 2. The van der Waals surface area contributed by atoms with Crippen molar-refractivity contribution in [3.63, 3.8) is 0 Å². The molecule has 8 nitrogen and oxygen atoms in total. The quantitative estimate of drug-likeness (QED) is 0.426. The molecule has 2 aromatic heterocycles. The van der Waals surface area contributed by atoms with E-state index in [4.69, 9.17) is 9.72 Å². The average Bonchev–Trinajstić information content (AvgIpc) is 3.50. The Labute approximate surface area is 198 Å². The van der Waals surface area contributed by atoms with Crippen molar-refractivity contribution in [1.29, 1.82) is 0 Å². The van der Waals surface area contributed by atoms with Crippen molar-refractivity contribution in [2.45, 2.75) is 43.5 Å². The minimum atomic E-state index is -0.584. The maximum atomic E-state index is 13.8. The fraction of sp³-hybridized carbons (Fsp3) is 0.391. The van der Waals surface area contributed by atoms with Gasteiger partial charge in [0.05, 0.1) is 22.9 Å². The number of carbonyl (C=O) groups excluding carboxylic acids is 2. The molecule has 1 aliphatic heterocycles. The summed E-state index contributed by atoms with van der Waals surface area (Å²) in [4.78, 5) is 46.6. The van der Waals surface area contributed by atoms with Gasteiger partial charge >= 0.3 is 6.03 Å². The lowest BCUT2D eigenvalue weighted by molar-refractivity contribution is -0.126. The summed E-state index contributed by atoms with van der Waals surface area (Å²) in [5.74, 6) is 0.425. The summed E-state index contributed by atoms with van der Waals surface area (Å²) in [5.41, 5.74) is 1.66. The van der Waals surface area contributed by atoms with Crippen molar-refractivity contribution in [2.75, 3.05) is 19.7 Å². The van der Waals surface area contributed by atoms with Gasteiger partial charge in [-0.15, -0.1) is 11.3 Å². The van der Waals surface area contributed by atoms with Gasteiger partial charge in [0, 0.05) is 18.0 Å². The van der Waals surface area contributed by atoms with Gasteiger partial charge in [0.2, 0.25) is 5.91 Å². The number of imide groups is 1. The van der Waals surface area contributed by atoms with Gasteiger partial charge in [0.15, 0.2) is 5.16 Å². The van der Waals surface area contributed by atoms with E-state index >= 15 is 0 Å². The number of thioether (sulfide) groups is 1. The highest BCUT2D eigenvalue weighted by atomic mass is 32.2. The number of hydrogen-bond acceptors (Lipinski definition) is 7. The first kappa shape index (κ1) is 22.0. The van der Waals surface area contributed by atoms with E-state index in [0.717, 1.165) is 30.6 Å². The van der Waals surface area contributed by atoms with Crippen molar-refractivity contribution in [1.82, 2.24) is 19.8 Å². The van der Waals surface area contributed by atoms with E-state index in [0.29, 0.717) is 40.8 Å². The van der Waals surface area contributed by atoms with Crippen molar-refractivity contribution >= 4 is 45.3 Å². The molecule has 5 rings (SSSR count). The molecule has 0 radical (unpaired) electrons. The number of rotatable bonds is 6. The second-order valence-electron chi connectivity index (χ2n) is 7.98. The lowest BCUT2D eigenvalue weighted by atomic mass is 10.2. The van der Waals surface area contributed by atoms with E-state index in [1.165, 1.54) is 21.5 Å². The van der Waals surface area contributed by atoms with E-state index in [1.54, 1.807) is 22.8 Å². The lowest BCUT2D eigenvalue weighted by Crippen LogP contribution is -2.39. The van der Waals surface area contributed by atoms with E-state index in [1.807, 2.05) is 31.2 Å². The van der Waals surface area contributed by atoms with Crippen LogP contribution in [0, 0.1) is 0 Å². The molecule has 1 N–H and O–H groups in total. The summed E-state index contributed by atoms with van der Waals surface area (Å²) in [5, 5.41) is 3.19. The van der Waals surface area contributed by atoms with Gasteiger partial charge in [0.25, 0.3) is 5.56 Å². The molecule has 1 aliphatic carbocycles. The van der Waals surface area contributed by atoms with Gasteiger partial charge < -0.3 is 10.1 Å². The zero-order valence-electron chi connectivity index (χ0n) is 18.4. The van der Waals surface area contributed by atoms with Crippen molar-refractivity contribution in [3.8, 4) is 11.4 Å². The number of ether oxygens (including phenoxy) is 1. The second kappa shape index (κ2) is 8.83. The molecule has 3 amide bonds. The summed E-state index contributed by atoms with van der Waals surface area (Å²) >= 11 is 2.77. The smallest absolute Gasteiger partial charge is 0.324 e. The molecule has 10 heteroatoms. The van der Waals surface area contributed by atoms with E-state index in [2.05, 4.69) is 5.32 Å². The van der Waals surface area contributed by atoms with Crippen LogP contribution >= 0.6 is 23.1 Å². The number of nitrogens with one attached hydrogen (secondary N) is 1. The predicted molar refractivity (Wildman–Crippen MR) is 129 cm³/mol. The molecule has 1 saturated heterocycles. The normalized spacial score (nSPS) is 16.2. The summed E-state index contributed by atoms with van der Waals surface area (Å²) in [6.45, 7) is 5.01. The largest absolute Gasteiger partial charge is 0.494 e. The molecular formula is C23H24N4O4S2. The van der Waals surface area contributed by atoms with Crippen LogP contribution in [-0.2, 0) is 17.6 Å². The van der Waals surface area contributed by atoms with E-state index < -0.39 is 5.25 Å². The number of thiophene rings is 1.